The van der Waals surface area contributed by atoms with Crippen molar-refractivity contribution in [3.05, 3.63) is 18.2 Å². The van der Waals surface area contributed by atoms with Crippen LogP contribution in [0.2, 0.25) is 0 Å². The van der Waals surface area contributed by atoms with E-state index in [2.05, 4.69) is 9.97 Å². The Bertz CT molecular complexity index is 138. The fourth-order valence-corrected chi connectivity index (χ4v) is 0.577. The fourth-order valence-electron chi connectivity index (χ4n) is 0.577. The highest BCUT2D eigenvalue weighted by Crippen LogP contribution is 1.88. The molecule has 1 heterocycles. The number of hydrogen-bond acceptors (Lipinski definition) is 2. The Morgan fingerprint density at radius 1 is 1.67 bits per heavy atom. The Kier molecular flexibility index (Phi) is 4.09. The molecule has 0 spiro atoms. The number of imidazole rings is 1. The topological polar surface area (TPSA) is 54.7 Å². The number of rotatable bonds is 2. The Morgan fingerprint density at radius 2 is 2.44 bits per heavy atom. The predicted molar refractivity (Wildman–Crippen MR) is 38.6 cm³/mol. The highest BCUT2D eigenvalue weighted by Gasteiger charge is 1.86. The lowest BCUT2D eigenvalue weighted by molar-refractivity contribution is 0.935. The molecule has 4 heteroatoms. The highest BCUT2D eigenvalue weighted by molar-refractivity contribution is 5.85. The van der Waals surface area contributed by atoms with Gasteiger partial charge in [0.2, 0.25) is 0 Å². The van der Waals surface area contributed by atoms with Crippen molar-refractivity contribution in [2.24, 2.45) is 5.73 Å². The van der Waals surface area contributed by atoms with Gasteiger partial charge in [0.05, 0.1) is 6.33 Å². The van der Waals surface area contributed by atoms with Gasteiger partial charge >= 0.3 is 0 Å². The van der Waals surface area contributed by atoms with Gasteiger partial charge < -0.3 is 10.7 Å². The Morgan fingerprint density at radius 3 is 2.89 bits per heavy atom. The predicted octanol–water partition coefficient (Wildman–Crippen LogP) is 0.333. The summed E-state index contributed by atoms with van der Waals surface area (Å²) in [6, 6.07) is 0. The quantitative estimate of drug-likeness (QED) is 0.634. The Labute approximate surface area is 60.1 Å². The minimum Gasteiger partial charge on any atom is -0.348 e. The van der Waals surface area contributed by atoms with Gasteiger partial charge in [0.1, 0.15) is 0 Å². The maximum absolute atomic E-state index is 5.27. The summed E-state index contributed by atoms with van der Waals surface area (Å²) in [4.78, 5) is 6.78. The van der Waals surface area contributed by atoms with E-state index in [1.54, 1.807) is 12.5 Å². The van der Waals surface area contributed by atoms with Crippen molar-refractivity contribution in [1.82, 2.24) is 9.97 Å². The minimum absolute atomic E-state index is 0. The number of hydrogen-bond donors (Lipinski definition) is 2. The van der Waals surface area contributed by atoms with E-state index in [-0.39, 0.29) is 12.4 Å². The van der Waals surface area contributed by atoms with Crippen molar-refractivity contribution in [3.8, 4) is 0 Å². The van der Waals surface area contributed by atoms with Gasteiger partial charge in [0, 0.05) is 18.3 Å². The van der Waals surface area contributed by atoms with Gasteiger partial charge in [-0.1, -0.05) is 0 Å². The summed E-state index contributed by atoms with van der Waals surface area (Å²) in [6.45, 7) is 0.683. The molecule has 0 fully saturated rings. The molecule has 0 unspecified atom stereocenters. The zero-order chi connectivity index (χ0) is 5.82. The van der Waals surface area contributed by atoms with Crippen LogP contribution in [0.5, 0.6) is 0 Å². The summed E-state index contributed by atoms with van der Waals surface area (Å²) in [5, 5.41) is 0. The zero-order valence-corrected chi connectivity index (χ0v) is 5.82. The second-order valence-electron chi connectivity index (χ2n) is 1.62. The van der Waals surface area contributed by atoms with Gasteiger partial charge in [-0.05, 0) is 6.54 Å². The maximum atomic E-state index is 5.27. The molecule has 9 heavy (non-hydrogen) atoms. The standard InChI is InChI=1S/C5H9N3.ClH/c6-2-1-5-3-7-4-8-5;/h3-4H,1-2,6H2,(H,7,8);1H. The van der Waals surface area contributed by atoms with Gasteiger partial charge in [-0.2, -0.15) is 0 Å². The highest BCUT2D eigenvalue weighted by atomic mass is 35.5. The molecule has 3 nitrogen and oxygen atoms in total. The van der Waals surface area contributed by atoms with Gasteiger partial charge in [-0.15, -0.1) is 12.4 Å². The lowest BCUT2D eigenvalue weighted by atomic mass is 10.3. The van der Waals surface area contributed by atoms with Gasteiger partial charge in [-0.25, -0.2) is 4.98 Å². The molecule has 1 rings (SSSR count). The molecule has 0 atom stereocenters. The normalized spacial score (nSPS) is 8.56. The van der Waals surface area contributed by atoms with E-state index in [0.717, 1.165) is 12.1 Å². The minimum atomic E-state index is 0. The van der Waals surface area contributed by atoms with Crippen molar-refractivity contribution < 1.29 is 0 Å². The Balaban J connectivity index is 0.000000640. The summed E-state index contributed by atoms with van der Waals surface area (Å²) in [7, 11) is 0. The van der Waals surface area contributed by atoms with E-state index >= 15 is 0 Å². The molecule has 0 bridgehead atoms. The third-order valence-electron chi connectivity index (χ3n) is 0.969. The van der Waals surface area contributed by atoms with Crippen LogP contribution in [0.15, 0.2) is 12.5 Å². The maximum Gasteiger partial charge on any atom is 0.0921 e. The smallest absolute Gasteiger partial charge is 0.0921 e. The fraction of sp³-hybridized carbons (Fsp3) is 0.400. The average Bonchev–Trinajstić information content (AvgIpc) is 2.19. The van der Waals surface area contributed by atoms with Crippen LogP contribution < -0.4 is 5.73 Å². The first-order valence-corrected chi connectivity index (χ1v) is 2.61. The zero-order valence-electron chi connectivity index (χ0n) is 5.00. The first-order valence-electron chi connectivity index (χ1n) is 2.61. The second kappa shape index (κ2) is 4.35. The molecule has 0 saturated heterocycles. The van der Waals surface area contributed by atoms with Gasteiger partial charge in [0.15, 0.2) is 0 Å². The number of aromatic amines is 1. The SMILES string of the molecule is Cl.NCCc1cnc[nH]1. The number of nitrogens with two attached hydrogens (primary N) is 1. The summed E-state index contributed by atoms with van der Waals surface area (Å²) in [5.74, 6) is 0. The number of nitrogens with zero attached hydrogens (tertiary/aromatic N) is 1. The summed E-state index contributed by atoms with van der Waals surface area (Å²) >= 11 is 0. The number of nitrogens with one attached hydrogen (secondary N) is 1. The lowest BCUT2D eigenvalue weighted by Gasteiger charge is -1.86. The van der Waals surface area contributed by atoms with E-state index < -0.39 is 0 Å². The van der Waals surface area contributed by atoms with E-state index in [0.29, 0.717) is 6.54 Å². The number of H-pyrrole nitrogens is 1. The first kappa shape index (κ1) is 8.46. The number of halogens is 1. The van der Waals surface area contributed by atoms with Crippen molar-refractivity contribution in [2.45, 2.75) is 6.42 Å². The van der Waals surface area contributed by atoms with E-state index in [4.69, 9.17) is 5.73 Å². The molecular weight excluding hydrogens is 138 g/mol. The molecular formula is C5H10ClN3. The molecule has 0 aromatic carbocycles. The van der Waals surface area contributed by atoms with Crippen molar-refractivity contribution in [1.29, 1.82) is 0 Å². The molecule has 0 aliphatic carbocycles. The molecule has 52 valence electrons. The van der Waals surface area contributed by atoms with E-state index in [9.17, 15) is 0 Å². The van der Waals surface area contributed by atoms with Crippen LogP contribution in [-0.2, 0) is 6.42 Å². The van der Waals surface area contributed by atoms with Crippen molar-refractivity contribution >= 4 is 12.4 Å². The molecule has 0 aliphatic rings. The summed E-state index contributed by atoms with van der Waals surface area (Å²) in [5.41, 5.74) is 6.38. The van der Waals surface area contributed by atoms with Crippen LogP contribution in [-0.4, -0.2) is 16.5 Å². The van der Waals surface area contributed by atoms with Crippen LogP contribution in [0.1, 0.15) is 5.69 Å². The first-order chi connectivity index (χ1) is 3.93. The largest absolute Gasteiger partial charge is 0.348 e. The van der Waals surface area contributed by atoms with Crippen LogP contribution in [0.25, 0.3) is 0 Å². The van der Waals surface area contributed by atoms with Crippen molar-refractivity contribution in [3.63, 3.8) is 0 Å². The van der Waals surface area contributed by atoms with E-state index in [1.165, 1.54) is 0 Å². The molecule has 3 N–H and O–H groups in total. The van der Waals surface area contributed by atoms with Crippen LogP contribution in [0, 0.1) is 0 Å². The van der Waals surface area contributed by atoms with Crippen molar-refractivity contribution in [2.75, 3.05) is 6.54 Å². The molecule has 1 aromatic rings. The van der Waals surface area contributed by atoms with E-state index in [1.807, 2.05) is 0 Å². The molecule has 0 radical (unpaired) electrons. The molecule has 1 aromatic heterocycles. The van der Waals surface area contributed by atoms with Crippen LogP contribution >= 0.6 is 12.4 Å². The third-order valence-corrected chi connectivity index (χ3v) is 0.969. The summed E-state index contributed by atoms with van der Waals surface area (Å²) < 4.78 is 0. The molecule has 0 amide bonds. The second-order valence-corrected chi connectivity index (χ2v) is 1.62. The third kappa shape index (κ3) is 2.49. The average molecular weight is 148 g/mol. The van der Waals surface area contributed by atoms with Crippen LogP contribution in [0.4, 0.5) is 0 Å². The molecule has 0 aliphatic heterocycles. The Hall–Kier alpha value is -0.540. The monoisotopic (exact) mass is 147 g/mol. The molecule has 0 saturated carbocycles. The summed E-state index contributed by atoms with van der Waals surface area (Å²) in [6.07, 6.45) is 4.33. The van der Waals surface area contributed by atoms with Crippen LogP contribution in [0.3, 0.4) is 0 Å². The van der Waals surface area contributed by atoms with Gasteiger partial charge in [0.25, 0.3) is 0 Å². The van der Waals surface area contributed by atoms with Gasteiger partial charge in [-0.3, -0.25) is 0 Å². The lowest BCUT2D eigenvalue weighted by Crippen LogP contribution is -2.02. The number of aromatic nitrogens is 2.